The Morgan fingerprint density at radius 2 is 1.95 bits per heavy atom. The van der Waals surface area contributed by atoms with Gasteiger partial charge in [-0.05, 0) is 22.9 Å². The van der Waals surface area contributed by atoms with Gasteiger partial charge in [-0.1, -0.05) is 0 Å². The Labute approximate surface area is 117 Å². The van der Waals surface area contributed by atoms with Crippen molar-refractivity contribution in [3.05, 3.63) is 25.6 Å². The number of hydrogen-bond donors (Lipinski definition) is 0. The predicted molar refractivity (Wildman–Crippen MR) is 74.4 cm³/mol. The van der Waals surface area contributed by atoms with Crippen molar-refractivity contribution < 1.29 is 4.74 Å². The molecule has 0 bridgehead atoms. The fourth-order valence-corrected chi connectivity index (χ4v) is 2.45. The predicted octanol–water partition coefficient (Wildman–Crippen LogP) is 0.233. The van der Waals surface area contributed by atoms with Crippen LogP contribution in [-0.4, -0.2) is 31.9 Å². The number of rotatable bonds is 4. The number of hydrogen-bond acceptors (Lipinski definition) is 4. The van der Waals surface area contributed by atoms with E-state index < -0.39 is 0 Å². The Balaban J connectivity index is 2.69. The largest absolute Gasteiger partial charge is 0.380 e. The quantitative estimate of drug-likeness (QED) is 0.594. The molecule has 0 fully saturated rings. The van der Waals surface area contributed by atoms with E-state index in [1.165, 1.54) is 11.6 Å². The molecule has 0 aromatic carbocycles. The number of nitrogens with zero attached hydrogens (tertiary/aromatic N) is 4. The first kappa shape index (κ1) is 14.0. The van der Waals surface area contributed by atoms with E-state index in [0.29, 0.717) is 35.7 Å². The van der Waals surface area contributed by atoms with Crippen LogP contribution in [0.3, 0.4) is 0 Å². The molecule has 0 spiro atoms. The molecule has 0 amide bonds. The Kier molecular flexibility index (Phi) is 3.91. The van der Waals surface area contributed by atoms with Crippen LogP contribution < -0.4 is 11.2 Å². The van der Waals surface area contributed by atoms with Gasteiger partial charge in [0.05, 0.1) is 6.61 Å². The molecule has 0 aliphatic heterocycles. The Morgan fingerprint density at radius 1 is 1.26 bits per heavy atom. The summed E-state index contributed by atoms with van der Waals surface area (Å²) in [5, 5.41) is 0. The highest BCUT2D eigenvalue weighted by molar-refractivity contribution is 9.10. The number of aryl methyl sites for hydroxylation is 1. The zero-order valence-corrected chi connectivity index (χ0v) is 12.6. The highest BCUT2D eigenvalue weighted by Crippen LogP contribution is 2.15. The summed E-state index contributed by atoms with van der Waals surface area (Å²) in [5.41, 5.74) is 0.0277. The minimum atomic E-state index is -0.389. The molecule has 0 saturated carbocycles. The third-order valence-electron chi connectivity index (χ3n) is 2.96. The lowest BCUT2D eigenvalue weighted by molar-refractivity contribution is 0.139. The Bertz CT molecular complexity index is 728. The highest BCUT2D eigenvalue weighted by Gasteiger charge is 2.17. The number of imidazole rings is 1. The summed E-state index contributed by atoms with van der Waals surface area (Å²) in [6.45, 7) is 3.50. The molecule has 2 heterocycles. The van der Waals surface area contributed by atoms with Gasteiger partial charge >= 0.3 is 5.69 Å². The maximum atomic E-state index is 12.2. The highest BCUT2D eigenvalue weighted by atomic mass is 79.9. The molecule has 19 heavy (non-hydrogen) atoms. The summed E-state index contributed by atoms with van der Waals surface area (Å²) in [4.78, 5) is 28.2. The van der Waals surface area contributed by atoms with Crippen molar-refractivity contribution in [2.75, 3.05) is 13.2 Å². The maximum absolute atomic E-state index is 12.2. The Hall–Kier alpha value is -1.41. The van der Waals surface area contributed by atoms with Crippen molar-refractivity contribution in [3.8, 4) is 0 Å². The molecule has 0 atom stereocenters. The molecule has 2 aromatic heterocycles. The van der Waals surface area contributed by atoms with Gasteiger partial charge in [0.1, 0.15) is 0 Å². The summed E-state index contributed by atoms with van der Waals surface area (Å²) in [7, 11) is 3.05. The summed E-state index contributed by atoms with van der Waals surface area (Å²) in [5.74, 6) is 0. The van der Waals surface area contributed by atoms with E-state index in [0.717, 1.165) is 4.57 Å². The van der Waals surface area contributed by atoms with Crippen LogP contribution >= 0.6 is 15.9 Å². The van der Waals surface area contributed by atoms with Crippen LogP contribution in [0.25, 0.3) is 11.2 Å². The molecule has 8 heteroatoms. The zero-order chi connectivity index (χ0) is 14.2. The van der Waals surface area contributed by atoms with E-state index in [9.17, 15) is 9.59 Å². The third-order valence-corrected chi connectivity index (χ3v) is 3.57. The van der Waals surface area contributed by atoms with Crippen molar-refractivity contribution in [3.63, 3.8) is 0 Å². The molecule has 0 aliphatic rings. The van der Waals surface area contributed by atoms with Gasteiger partial charge in [-0.15, -0.1) is 0 Å². The summed E-state index contributed by atoms with van der Waals surface area (Å²) < 4.78 is 9.95. The van der Waals surface area contributed by atoms with Crippen molar-refractivity contribution in [2.24, 2.45) is 14.1 Å². The average molecular weight is 331 g/mol. The van der Waals surface area contributed by atoms with E-state index in [1.54, 1.807) is 11.6 Å². The lowest BCUT2D eigenvalue weighted by Gasteiger charge is -2.07. The molecule has 0 saturated heterocycles. The van der Waals surface area contributed by atoms with Crippen LogP contribution in [0.5, 0.6) is 0 Å². The second-order valence-corrected chi connectivity index (χ2v) is 4.82. The van der Waals surface area contributed by atoms with E-state index >= 15 is 0 Å². The first-order valence-electron chi connectivity index (χ1n) is 5.88. The SMILES string of the molecule is CCOCCn1c(Br)nc2c1c(=O)n(C)c(=O)n2C. The molecule has 0 radical (unpaired) electrons. The van der Waals surface area contributed by atoms with Crippen molar-refractivity contribution in [1.82, 2.24) is 18.7 Å². The normalized spacial score (nSPS) is 11.4. The molecule has 0 aliphatic carbocycles. The second-order valence-electron chi connectivity index (χ2n) is 4.11. The van der Waals surface area contributed by atoms with Crippen molar-refractivity contribution in [2.45, 2.75) is 13.5 Å². The Morgan fingerprint density at radius 3 is 2.58 bits per heavy atom. The fraction of sp³-hybridized carbons (Fsp3) is 0.545. The van der Waals surface area contributed by atoms with Gasteiger partial charge in [0.15, 0.2) is 15.9 Å². The summed E-state index contributed by atoms with van der Waals surface area (Å²) in [6, 6.07) is 0. The van der Waals surface area contributed by atoms with Crippen LogP contribution in [0.1, 0.15) is 6.92 Å². The van der Waals surface area contributed by atoms with Gasteiger partial charge in [0.2, 0.25) is 0 Å². The van der Waals surface area contributed by atoms with Crippen LogP contribution in [0.15, 0.2) is 14.3 Å². The lowest BCUT2D eigenvalue weighted by atomic mass is 10.5. The minimum absolute atomic E-state index is 0.354. The zero-order valence-electron chi connectivity index (χ0n) is 11.0. The van der Waals surface area contributed by atoms with Gasteiger partial charge in [-0.3, -0.25) is 13.9 Å². The van der Waals surface area contributed by atoms with Crippen molar-refractivity contribution >= 4 is 27.1 Å². The molecule has 0 unspecified atom stereocenters. The van der Waals surface area contributed by atoms with Gasteiger partial charge in [-0.2, -0.15) is 0 Å². The van der Waals surface area contributed by atoms with E-state index in [1.807, 2.05) is 6.92 Å². The van der Waals surface area contributed by atoms with Crippen LogP contribution in [0.4, 0.5) is 0 Å². The van der Waals surface area contributed by atoms with Crippen LogP contribution in [0.2, 0.25) is 0 Å². The molecule has 2 rings (SSSR count). The second kappa shape index (κ2) is 5.30. The maximum Gasteiger partial charge on any atom is 0.332 e. The van der Waals surface area contributed by atoms with E-state index in [-0.39, 0.29) is 11.2 Å². The van der Waals surface area contributed by atoms with Crippen molar-refractivity contribution in [1.29, 1.82) is 0 Å². The van der Waals surface area contributed by atoms with Gasteiger partial charge in [-0.25, -0.2) is 9.78 Å². The first-order chi connectivity index (χ1) is 8.99. The summed E-state index contributed by atoms with van der Waals surface area (Å²) >= 11 is 3.31. The third kappa shape index (κ3) is 2.25. The van der Waals surface area contributed by atoms with Gasteiger partial charge < -0.3 is 9.30 Å². The number of fused-ring (bicyclic) bond motifs is 1. The van der Waals surface area contributed by atoms with E-state index in [4.69, 9.17) is 4.74 Å². The summed E-state index contributed by atoms with van der Waals surface area (Å²) in [6.07, 6.45) is 0. The van der Waals surface area contributed by atoms with Crippen LogP contribution in [-0.2, 0) is 25.4 Å². The van der Waals surface area contributed by atoms with Gasteiger partial charge in [0, 0.05) is 27.2 Å². The average Bonchev–Trinajstić information content (AvgIpc) is 2.72. The standard InChI is InChI=1S/C11H15BrN4O3/c1-4-19-6-5-16-7-8(13-10(16)12)14(2)11(18)15(3)9(7)17/h4-6H2,1-3H3. The van der Waals surface area contributed by atoms with Crippen LogP contribution in [0, 0.1) is 0 Å². The minimum Gasteiger partial charge on any atom is -0.380 e. The number of halogens is 1. The topological polar surface area (TPSA) is 71.1 Å². The first-order valence-corrected chi connectivity index (χ1v) is 6.67. The molecular formula is C11H15BrN4O3. The molecule has 0 N–H and O–H groups in total. The smallest absolute Gasteiger partial charge is 0.332 e. The number of ether oxygens (including phenoxy) is 1. The molecule has 104 valence electrons. The molecular weight excluding hydrogens is 316 g/mol. The fourth-order valence-electron chi connectivity index (χ4n) is 1.92. The molecule has 2 aromatic rings. The van der Waals surface area contributed by atoms with Gasteiger partial charge in [0.25, 0.3) is 5.56 Å². The monoisotopic (exact) mass is 330 g/mol. The number of aromatic nitrogens is 4. The lowest BCUT2D eigenvalue weighted by Crippen LogP contribution is -2.37. The van der Waals surface area contributed by atoms with E-state index in [2.05, 4.69) is 20.9 Å². The molecule has 7 nitrogen and oxygen atoms in total.